The lowest BCUT2D eigenvalue weighted by atomic mass is 10.2. The van der Waals surface area contributed by atoms with Gasteiger partial charge in [-0.3, -0.25) is 0 Å². The van der Waals surface area contributed by atoms with E-state index < -0.39 is 0 Å². The van der Waals surface area contributed by atoms with Crippen LogP contribution >= 0.6 is 11.8 Å². The second kappa shape index (κ2) is 6.62. The Morgan fingerprint density at radius 2 is 1.91 bits per heavy atom. The maximum Gasteiger partial charge on any atom is 0.209 e. The Bertz CT molecular complexity index is 779. The van der Waals surface area contributed by atoms with E-state index in [2.05, 4.69) is 45.6 Å². The highest BCUT2D eigenvalue weighted by atomic mass is 32.2. The molecule has 116 valence electrons. The third-order valence-corrected chi connectivity index (χ3v) is 4.84. The van der Waals surface area contributed by atoms with Crippen molar-refractivity contribution in [1.82, 2.24) is 24.6 Å². The summed E-state index contributed by atoms with van der Waals surface area (Å²) in [6, 6.07) is 8.26. The van der Waals surface area contributed by atoms with E-state index in [-0.39, 0.29) is 0 Å². The van der Waals surface area contributed by atoms with Crippen LogP contribution in [0.4, 0.5) is 0 Å². The molecule has 0 bridgehead atoms. The van der Waals surface area contributed by atoms with Gasteiger partial charge in [0.15, 0.2) is 5.65 Å². The molecule has 0 fully saturated rings. The summed E-state index contributed by atoms with van der Waals surface area (Å²) < 4.78 is 2.05. The zero-order valence-corrected chi connectivity index (χ0v) is 14.1. The van der Waals surface area contributed by atoms with E-state index in [9.17, 15) is 0 Å². The number of benzene rings is 1. The first-order valence-corrected chi connectivity index (χ1v) is 8.66. The van der Waals surface area contributed by atoms with Crippen LogP contribution in [0.15, 0.2) is 29.4 Å². The summed E-state index contributed by atoms with van der Waals surface area (Å²) in [6.45, 7) is 7.59. The summed E-state index contributed by atoms with van der Waals surface area (Å²) in [4.78, 5) is 7.12. The first-order valence-electron chi connectivity index (χ1n) is 7.67. The molecule has 0 aliphatic heterocycles. The minimum atomic E-state index is 0.760. The molecule has 0 aliphatic carbocycles. The molecule has 2 heterocycles. The van der Waals surface area contributed by atoms with Crippen LogP contribution in [0.3, 0.4) is 0 Å². The topological polar surface area (TPSA) is 46.8 Å². The van der Waals surface area contributed by atoms with Crippen molar-refractivity contribution in [3.05, 3.63) is 24.3 Å². The minimum absolute atomic E-state index is 0.760. The van der Waals surface area contributed by atoms with Crippen molar-refractivity contribution in [3.8, 4) is 0 Å². The third kappa shape index (κ3) is 2.80. The molecule has 6 heteroatoms. The number of hydrogen-bond donors (Lipinski definition) is 0. The first kappa shape index (κ1) is 15.2. The second-order valence-corrected chi connectivity index (χ2v) is 6.28. The van der Waals surface area contributed by atoms with Gasteiger partial charge in [-0.25, -0.2) is 4.98 Å². The first-order chi connectivity index (χ1) is 10.7. The van der Waals surface area contributed by atoms with Crippen molar-refractivity contribution < 1.29 is 0 Å². The number of fused-ring (bicyclic) bond motifs is 3. The number of nitrogens with zero attached hydrogens (tertiary/aromatic N) is 5. The van der Waals surface area contributed by atoms with Gasteiger partial charge in [-0.15, -0.1) is 10.2 Å². The van der Waals surface area contributed by atoms with E-state index in [4.69, 9.17) is 4.98 Å². The SMILES string of the molecule is CCN(CC)CCSc1nnc2c(n1)c1ccccc1n2C. The second-order valence-electron chi connectivity index (χ2n) is 5.22. The van der Waals surface area contributed by atoms with Gasteiger partial charge in [-0.1, -0.05) is 43.8 Å². The van der Waals surface area contributed by atoms with E-state index in [0.717, 1.165) is 52.6 Å². The van der Waals surface area contributed by atoms with Crippen LogP contribution in [0.5, 0.6) is 0 Å². The van der Waals surface area contributed by atoms with Gasteiger partial charge in [0.05, 0.1) is 5.52 Å². The Hall–Kier alpha value is -1.66. The Labute approximate surface area is 134 Å². The number of para-hydroxylation sites is 1. The fourth-order valence-electron chi connectivity index (χ4n) is 2.66. The molecule has 22 heavy (non-hydrogen) atoms. The summed E-state index contributed by atoms with van der Waals surface area (Å²) in [5.41, 5.74) is 2.93. The van der Waals surface area contributed by atoms with Gasteiger partial charge in [-0.05, 0) is 19.2 Å². The predicted octanol–water partition coefficient (Wildman–Crippen LogP) is 2.95. The Morgan fingerprint density at radius 1 is 1.14 bits per heavy atom. The van der Waals surface area contributed by atoms with Crippen molar-refractivity contribution >= 4 is 33.8 Å². The Morgan fingerprint density at radius 3 is 2.68 bits per heavy atom. The molecule has 0 amide bonds. The average Bonchev–Trinajstić information content (AvgIpc) is 2.85. The zero-order chi connectivity index (χ0) is 15.5. The van der Waals surface area contributed by atoms with Gasteiger partial charge >= 0.3 is 0 Å². The van der Waals surface area contributed by atoms with Gasteiger partial charge in [0, 0.05) is 24.7 Å². The van der Waals surface area contributed by atoms with Crippen molar-refractivity contribution in [2.75, 3.05) is 25.4 Å². The molecule has 5 nitrogen and oxygen atoms in total. The zero-order valence-electron chi connectivity index (χ0n) is 13.3. The van der Waals surface area contributed by atoms with Crippen LogP contribution in [0.25, 0.3) is 22.1 Å². The third-order valence-electron chi connectivity index (χ3n) is 4.02. The van der Waals surface area contributed by atoms with E-state index in [1.807, 2.05) is 19.2 Å². The van der Waals surface area contributed by atoms with Crippen LogP contribution in [0.2, 0.25) is 0 Å². The highest BCUT2D eigenvalue weighted by Crippen LogP contribution is 2.26. The summed E-state index contributed by atoms with van der Waals surface area (Å²) >= 11 is 1.68. The monoisotopic (exact) mass is 315 g/mol. The number of thioether (sulfide) groups is 1. The molecule has 0 aliphatic rings. The largest absolute Gasteiger partial charge is 0.326 e. The standard InChI is InChI=1S/C16H21N5S/c1-4-21(5-2)10-11-22-16-17-14-12-8-6-7-9-13(12)20(3)15(14)18-19-16/h6-9H,4-5,10-11H2,1-3H3. The van der Waals surface area contributed by atoms with Crippen LogP contribution < -0.4 is 0 Å². The van der Waals surface area contributed by atoms with Crippen LogP contribution in [-0.4, -0.2) is 50.0 Å². The lowest BCUT2D eigenvalue weighted by molar-refractivity contribution is 0.324. The summed E-state index contributed by atoms with van der Waals surface area (Å²) in [5.74, 6) is 0.986. The van der Waals surface area contributed by atoms with E-state index in [0.29, 0.717) is 0 Å². The quantitative estimate of drug-likeness (QED) is 0.655. The van der Waals surface area contributed by atoms with Crippen molar-refractivity contribution in [3.63, 3.8) is 0 Å². The minimum Gasteiger partial charge on any atom is -0.326 e. The average molecular weight is 315 g/mol. The maximum atomic E-state index is 4.72. The maximum absolute atomic E-state index is 4.72. The van der Waals surface area contributed by atoms with Gasteiger partial charge in [0.2, 0.25) is 5.16 Å². The fourth-order valence-corrected chi connectivity index (χ4v) is 3.45. The highest BCUT2D eigenvalue weighted by molar-refractivity contribution is 7.99. The lowest BCUT2D eigenvalue weighted by Crippen LogP contribution is -2.25. The molecule has 2 aromatic heterocycles. The van der Waals surface area contributed by atoms with Crippen LogP contribution in [0, 0.1) is 0 Å². The molecule has 0 N–H and O–H groups in total. The van der Waals surface area contributed by atoms with Crippen molar-refractivity contribution in [2.45, 2.75) is 19.0 Å². The molecule has 1 aromatic carbocycles. The number of hydrogen-bond acceptors (Lipinski definition) is 5. The molecule has 3 rings (SSSR count). The van der Waals surface area contributed by atoms with Crippen molar-refractivity contribution in [2.24, 2.45) is 7.05 Å². The number of rotatable bonds is 6. The fraction of sp³-hybridized carbons (Fsp3) is 0.438. The van der Waals surface area contributed by atoms with Crippen molar-refractivity contribution in [1.29, 1.82) is 0 Å². The Kier molecular flexibility index (Phi) is 4.59. The summed E-state index contributed by atoms with van der Waals surface area (Å²) in [6.07, 6.45) is 0. The molecule has 3 aromatic rings. The van der Waals surface area contributed by atoms with Gasteiger partial charge in [-0.2, -0.15) is 0 Å². The van der Waals surface area contributed by atoms with Gasteiger partial charge in [0.1, 0.15) is 5.52 Å². The van der Waals surface area contributed by atoms with E-state index >= 15 is 0 Å². The molecule has 0 spiro atoms. The summed E-state index contributed by atoms with van der Waals surface area (Å²) in [7, 11) is 2.01. The molecule has 0 unspecified atom stereocenters. The Balaban J connectivity index is 1.85. The number of aryl methyl sites for hydroxylation is 1. The molecular weight excluding hydrogens is 294 g/mol. The molecule has 0 saturated heterocycles. The summed E-state index contributed by atoms with van der Waals surface area (Å²) in [5, 5.41) is 10.5. The predicted molar refractivity (Wildman–Crippen MR) is 92.3 cm³/mol. The van der Waals surface area contributed by atoms with Crippen LogP contribution in [-0.2, 0) is 7.05 Å². The lowest BCUT2D eigenvalue weighted by Gasteiger charge is -2.16. The smallest absolute Gasteiger partial charge is 0.209 e. The normalized spacial score (nSPS) is 11.8. The molecule has 0 radical (unpaired) electrons. The van der Waals surface area contributed by atoms with Gasteiger partial charge in [0.25, 0.3) is 0 Å². The molecule has 0 atom stereocenters. The molecular formula is C16H21N5S. The van der Waals surface area contributed by atoms with E-state index in [1.165, 1.54) is 0 Å². The molecule has 0 saturated carbocycles. The van der Waals surface area contributed by atoms with Gasteiger partial charge < -0.3 is 9.47 Å². The van der Waals surface area contributed by atoms with E-state index in [1.54, 1.807) is 11.8 Å². The highest BCUT2D eigenvalue weighted by Gasteiger charge is 2.12. The van der Waals surface area contributed by atoms with Crippen LogP contribution in [0.1, 0.15) is 13.8 Å². The number of aromatic nitrogens is 4.